The number of hydrogen-bond acceptors (Lipinski definition) is 2. The van der Waals surface area contributed by atoms with Crippen LogP contribution in [0, 0.1) is 18.2 Å². The Balaban J connectivity index is 2.46. The summed E-state index contributed by atoms with van der Waals surface area (Å²) in [7, 11) is 0. The molecule has 1 saturated heterocycles. The quantitative estimate of drug-likeness (QED) is 0.864. The minimum Gasteiger partial charge on any atom is -0.342 e. The van der Waals surface area contributed by atoms with E-state index in [4.69, 9.17) is 0 Å². The van der Waals surface area contributed by atoms with Crippen LogP contribution in [0.15, 0.2) is 18.2 Å². The highest BCUT2D eigenvalue weighted by atomic mass is 19.1. The number of anilines is 1. The predicted octanol–water partition coefficient (Wildman–Crippen LogP) is 2.40. The Labute approximate surface area is 124 Å². The molecule has 1 aromatic rings. The van der Waals surface area contributed by atoms with Crippen molar-refractivity contribution in [3.8, 4) is 0 Å². The fourth-order valence-corrected chi connectivity index (χ4v) is 2.44. The molecule has 5 heteroatoms. The van der Waals surface area contributed by atoms with Crippen LogP contribution in [0.4, 0.5) is 10.1 Å². The van der Waals surface area contributed by atoms with E-state index in [1.165, 1.54) is 11.0 Å². The standard InChI is InChI=1S/C16H21FN2O2/c1-9-6-7-11(8-12(9)17)19-10(2)14(20)18-13(15(19)21)16(3,4)5/h6-8,10,13H,1-5H3,(H,18,20). The van der Waals surface area contributed by atoms with Gasteiger partial charge >= 0.3 is 0 Å². The molecule has 1 N–H and O–H groups in total. The average Bonchev–Trinajstić information content (AvgIpc) is 2.37. The number of piperazine rings is 1. The second-order valence-electron chi connectivity index (χ2n) is 6.63. The van der Waals surface area contributed by atoms with Crippen molar-refractivity contribution < 1.29 is 14.0 Å². The zero-order valence-electron chi connectivity index (χ0n) is 13.0. The summed E-state index contributed by atoms with van der Waals surface area (Å²) in [5, 5.41) is 2.76. The zero-order chi connectivity index (χ0) is 15.9. The molecule has 0 radical (unpaired) electrons. The van der Waals surface area contributed by atoms with Crippen LogP contribution < -0.4 is 10.2 Å². The van der Waals surface area contributed by atoms with Crippen LogP contribution in [-0.4, -0.2) is 23.9 Å². The Morgan fingerprint density at radius 3 is 2.38 bits per heavy atom. The topological polar surface area (TPSA) is 49.4 Å². The Morgan fingerprint density at radius 2 is 1.86 bits per heavy atom. The Bertz CT molecular complexity index is 592. The first-order chi connectivity index (χ1) is 9.62. The van der Waals surface area contributed by atoms with Gasteiger partial charge in [0.15, 0.2) is 0 Å². The first-order valence-corrected chi connectivity index (χ1v) is 7.02. The lowest BCUT2D eigenvalue weighted by atomic mass is 9.84. The molecular weight excluding hydrogens is 271 g/mol. The van der Waals surface area contributed by atoms with Crippen LogP contribution in [0.3, 0.4) is 0 Å². The summed E-state index contributed by atoms with van der Waals surface area (Å²) in [6, 6.07) is 3.32. The van der Waals surface area contributed by atoms with E-state index in [2.05, 4.69) is 5.32 Å². The van der Waals surface area contributed by atoms with Gasteiger partial charge in [-0.2, -0.15) is 0 Å². The van der Waals surface area contributed by atoms with Gasteiger partial charge in [-0.05, 0) is 37.0 Å². The lowest BCUT2D eigenvalue weighted by Gasteiger charge is -2.42. The number of amides is 2. The molecule has 0 saturated carbocycles. The van der Waals surface area contributed by atoms with E-state index in [9.17, 15) is 14.0 Å². The van der Waals surface area contributed by atoms with Crippen molar-refractivity contribution in [3.05, 3.63) is 29.6 Å². The number of aryl methyl sites for hydroxylation is 1. The van der Waals surface area contributed by atoms with E-state index in [0.29, 0.717) is 11.3 Å². The molecule has 4 nitrogen and oxygen atoms in total. The SMILES string of the molecule is Cc1ccc(N2C(=O)C(C(C)(C)C)NC(=O)C2C)cc1F. The van der Waals surface area contributed by atoms with Gasteiger partial charge in [0, 0.05) is 5.69 Å². The molecule has 21 heavy (non-hydrogen) atoms. The van der Waals surface area contributed by atoms with Crippen molar-refractivity contribution in [1.29, 1.82) is 0 Å². The highest BCUT2D eigenvalue weighted by Crippen LogP contribution is 2.29. The Morgan fingerprint density at radius 1 is 1.24 bits per heavy atom. The number of nitrogens with zero attached hydrogens (tertiary/aromatic N) is 1. The summed E-state index contributed by atoms with van der Waals surface area (Å²) in [5.74, 6) is -0.820. The number of carbonyl (C=O) groups excluding carboxylic acids is 2. The molecule has 2 rings (SSSR count). The molecule has 2 unspecified atom stereocenters. The maximum Gasteiger partial charge on any atom is 0.250 e. The fourth-order valence-electron chi connectivity index (χ4n) is 2.44. The minimum absolute atomic E-state index is 0.210. The maximum atomic E-state index is 13.8. The monoisotopic (exact) mass is 292 g/mol. The Hall–Kier alpha value is -1.91. The number of benzene rings is 1. The van der Waals surface area contributed by atoms with Crippen LogP contribution in [-0.2, 0) is 9.59 Å². The first-order valence-electron chi connectivity index (χ1n) is 7.02. The summed E-state index contributed by atoms with van der Waals surface area (Å²) < 4.78 is 13.8. The van der Waals surface area contributed by atoms with Crippen LogP contribution in [0.1, 0.15) is 33.3 Å². The van der Waals surface area contributed by atoms with Gasteiger partial charge in [0.25, 0.3) is 5.91 Å². The summed E-state index contributed by atoms with van der Waals surface area (Å²) in [5.41, 5.74) is 0.515. The largest absolute Gasteiger partial charge is 0.342 e. The van der Waals surface area contributed by atoms with Crippen LogP contribution in [0.2, 0.25) is 0 Å². The minimum atomic E-state index is -0.654. The van der Waals surface area contributed by atoms with Gasteiger partial charge in [-0.1, -0.05) is 26.8 Å². The third kappa shape index (κ3) is 2.77. The molecule has 1 aliphatic heterocycles. The highest BCUT2D eigenvalue weighted by molar-refractivity contribution is 6.08. The van der Waals surface area contributed by atoms with Crippen LogP contribution in [0.5, 0.6) is 0 Å². The van der Waals surface area contributed by atoms with E-state index in [-0.39, 0.29) is 17.6 Å². The normalized spacial score (nSPS) is 23.2. The van der Waals surface area contributed by atoms with Gasteiger partial charge in [-0.3, -0.25) is 14.5 Å². The van der Waals surface area contributed by atoms with Gasteiger partial charge in [0.2, 0.25) is 5.91 Å². The molecule has 0 spiro atoms. The molecule has 2 amide bonds. The van der Waals surface area contributed by atoms with Gasteiger partial charge in [-0.25, -0.2) is 4.39 Å². The number of carbonyl (C=O) groups is 2. The molecule has 1 heterocycles. The third-order valence-corrected chi connectivity index (χ3v) is 3.84. The van der Waals surface area contributed by atoms with E-state index in [1.807, 2.05) is 20.8 Å². The van der Waals surface area contributed by atoms with Crippen LogP contribution in [0.25, 0.3) is 0 Å². The van der Waals surface area contributed by atoms with Gasteiger partial charge < -0.3 is 5.32 Å². The number of hydrogen-bond donors (Lipinski definition) is 1. The molecule has 0 aromatic heterocycles. The lowest BCUT2D eigenvalue weighted by molar-refractivity contribution is -0.136. The summed E-state index contributed by atoms with van der Waals surface area (Å²) >= 11 is 0. The zero-order valence-corrected chi connectivity index (χ0v) is 13.0. The number of halogens is 1. The van der Waals surface area contributed by atoms with Crippen molar-refractivity contribution in [2.45, 2.75) is 46.7 Å². The molecule has 114 valence electrons. The second-order valence-corrected chi connectivity index (χ2v) is 6.63. The maximum absolute atomic E-state index is 13.8. The Kier molecular flexibility index (Phi) is 3.78. The first kappa shape index (κ1) is 15.5. The van der Waals surface area contributed by atoms with Crippen molar-refractivity contribution in [2.24, 2.45) is 5.41 Å². The van der Waals surface area contributed by atoms with E-state index < -0.39 is 17.5 Å². The van der Waals surface area contributed by atoms with Gasteiger partial charge in [0.1, 0.15) is 17.9 Å². The number of rotatable bonds is 1. The molecule has 1 aliphatic rings. The molecule has 1 aromatic carbocycles. The molecular formula is C16H21FN2O2. The van der Waals surface area contributed by atoms with E-state index in [0.717, 1.165) is 0 Å². The smallest absolute Gasteiger partial charge is 0.250 e. The fraction of sp³-hybridized carbons (Fsp3) is 0.500. The summed E-state index contributed by atoms with van der Waals surface area (Å²) in [6.45, 7) is 8.97. The molecule has 1 fully saturated rings. The summed E-state index contributed by atoms with van der Waals surface area (Å²) in [6.07, 6.45) is 0. The van der Waals surface area contributed by atoms with Gasteiger partial charge in [-0.15, -0.1) is 0 Å². The molecule has 0 aliphatic carbocycles. The number of nitrogens with one attached hydrogen (secondary N) is 1. The average molecular weight is 292 g/mol. The van der Waals surface area contributed by atoms with Gasteiger partial charge in [0.05, 0.1) is 0 Å². The highest BCUT2D eigenvalue weighted by Gasteiger charge is 2.44. The van der Waals surface area contributed by atoms with E-state index in [1.54, 1.807) is 26.0 Å². The lowest BCUT2D eigenvalue weighted by Crippen LogP contribution is -2.66. The molecule has 2 atom stereocenters. The van der Waals surface area contributed by atoms with E-state index >= 15 is 0 Å². The van der Waals surface area contributed by atoms with Crippen molar-refractivity contribution >= 4 is 17.5 Å². The summed E-state index contributed by atoms with van der Waals surface area (Å²) in [4.78, 5) is 26.2. The van der Waals surface area contributed by atoms with Crippen molar-refractivity contribution in [2.75, 3.05) is 4.90 Å². The van der Waals surface area contributed by atoms with Crippen molar-refractivity contribution in [3.63, 3.8) is 0 Å². The third-order valence-electron chi connectivity index (χ3n) is 3.84. The predicted molar refractivity (Wildman–Crippen MR) is 79.5 cm³/mol. The van der Waals surface area contributed by atoms with Crippen LogP contribution >= 0.6 is 0 Å². The second kappa shape index (κ2) is 5.13. The molecule has 0 bridgehead atoms. The van der Waals surface area contributed by atoms with Crippen molar-refractivity contribution in [1.82, 2.24) is 5.32 Å².